The summed E-state index contributed by atoms with van der Waals surface area (Å²) in [5.74, 6) is -0.856. The minimum atomic E-state index is -3.59. The fraction of sp³-hybridized carbons (Fsp3) is 0.440. The van der Waals surface area contributed by atoms with Crippen molar-refractivity contribution < 1.29 is 22.7 Å². The third-order valence-electron chi connectivity index (χ3n) is 5.26. The predicted octanol–water partition coefficient (Wildman–Crippen LogP) is 3.23. The Labute approximate surface area is 213 Å². The van der Waals surface area contributed by atoms with Crippen molar-refractivity contribution in [3.63, 3.8) is 0 Å². The van der Waals surface area contributed by atoms with Gasteiger partial charge in [0.2, 0.25) is 21.8 Å². The van der Waals surface area contributed by atoms with Gasteiger partial charge in [0.1, 0.15) is 6.04 Å². The molecule has 192 valence electrons. The Morgan fingerprint density at radius 1 is 1.06 bits per heavy atom. The highest BCUT2D eigenvalue weighted by Gasteiger charge is 2.32. The molecule has 0 aliphatic carbocycles. The fourth-order valence-electron chi connectivity index (χ4n) is 3.32. The lowest BCUT2D eigenvalue weighted by Gasteiger charge is -2.32. The first-order chi connectivity index (χ1) is 16.5. The normalized spacial score (nSPS) is 12.5. The number of nitrogens with one attached hydrogen (secondary N) is 1. The monoisotopic (exact) mass is 523 g/mol. The van der Waals surface area contributed by atoms with E-state index in [1.54, 1.807) is 48.5 Å². The number of benzene rings is 2. The van der Waals surface area contributed by atoms with E-state index < -0.39 is 28.5 Å². The zero-order valence-electron chi connectivity index (χ0n) is 20.6. The van der Waals surface area contributed by atoms with Gasteiger partial charge in [-0.3, -0.25) is 9.59 Å². The number of likely N-dealkylation sites (N-methyl/N-ethyl adjacent to an activating group) is 1. The van der Waals surface area contributed by atoms with E-state index in [2.05, 4.69) is 5.32 Å². The number of hydrogen-bond donors (Lipinski definition) is 1. The van der Waals surface area contributed by atoms with Gasteiger partial charge in [0.15, 0.2) is 0 Å². The SMILES string of the molecule is CC(C)OCCCNC(=O)[C@@H](c1ccccc1)N(Cc1ccc(Cl)cc1)C(=O)CN(C)S(C)(=O)=O. The summed E-state index contributed by atoms with van der Waals surface area (Å²) >= 11 is 6.01. The summed E-state index contributed by atoms with van der Waals surface area (Å²) < 4.78 is 30.4. The van der Waals surface area contributed by atoms with Crippen molar-refractivity contribution in [2.75, 3.05) is 33.0 Å². The lowest BCUT2D eigenvalue weighted by molar-refractivity contribution is -0.141. The second-order valence-corrected chi connectivity index (χ2v) is 11.1. The van der Waals surface area contributed by atoms with Crippen LogP contribution in [-0.4, -0.2) is 68.5 Å². The number of halogens is 1. The van der Waals surface area contributed by atoms with Crippen molar-refractivity contribution >= 4 is 33.4 Å². The highest BCUT2D eigenvalue weighted by Crippen LogP contribution is 2.25. The largest absolute Gasteiger partial charge is 0.379 e. The average molecular weight is 524 g/mol. The van der Waals surface area contributed by atoms with E-state index in [0.29, 0.717) is 30.2 Å². The van der Waals surface area contributed by atoms with Gasteiger partial charge in [-0.2, -0.15) is 4.31 Å². The Kier molecular flexibility index (Phi) is 11.2. The summed E-state index contributed by atoms with van der Waals surface area (Å²) in [5.41, 5.74) is 1.37. The van der Waals surface area contributed by atoms with Crippen molar-refractivity contribution in [1.29, 1.82) is 0 Å². The summed E-state index contributed by atoms with van der Waals surface area (Å²) in [4.78, 5) is 28.3. The lowest BCUT2D eigenvalue weighted by atomic mass is 10.0. The zero-order chi connectivity index (χ0) is 26.0. The van der Waals surface area contributed by atoms with Crippen LogP contribution in [-0.2, 0) is 30.9 Å². The molecule has 0 aliphatic heterocycles. The maximum atomic E-state index is 13.4. The molecule has 8 nitrogen and oxygen atoms in total. The maximum absolute atomic E-state index is 13.4. The molecule has 35 heavy (non-hydrogen) atoms. The second-order valence-electron chi connectivity index (χ2n) is 8.54. The molecule has 0 aromatic heterocycles. The van der Waals surface area contributed by atoms with Gasteiger partial charge in [-0.25, -0.2) is 8.42 Å². The lowest BCUT2D eigenvalue weighted by Crippen LogP contribution is -2.47. The molecule has 0 unspecified atom stereocenters. The molecule has 0 spiro atoms. The highest BCUT2D eigenvalue weighted by molar-refractivity contribution is 7.88. The molecule has 2 aromatic rings. The van der Waals surface area contributed by atoms with Crippen LogP contribution >= 0.6 is 11.6 Å². The van der Waals surface area contributed by atoms with Gasteiger partial charge in [0.25, 0.3) is 0 Å². The average Bonchev–Trinajstić information content (AvgIpc) is 2.79. The molecule has 0 heterocycles. The third-order valence-corrected chi connectivity index (χ3v) is 6.77. The molecule has 0 radical (unpaired) electrons. The molecular weight excluding hydrogens is 490 g/mol. The maximum Gasteiger partial charge on any atom is 0.247 e. The smallest absolute Gasteiger partial charge is 0.247 e. The Morgan fingerprint density at radius 3 is 2.26 bits per heavy atom. The summed E-state index contributed by atoms with van der Waals surface area (Å²) in [6.07, 6.45) is 1.75. The fourth-order valence-corrected chi connectivity index (χ4v) is 3.79. The van der Waals surface area contributed by atoms with Crippen molar-refractivity contribution in [2.45, 2.75) is 39.0 Å². The van der Waals surface area contributed by atoms with Crippen LogP contribution in [0.3, 0.4) is 0 Å². The first kappa shape index (κ1) is 28.8. The van der Waals surface area contributed by atoms with Crippen LogP contribution in [0.25, 0.3) is 0 Å². The number of nitrogens with zero attached hydrogens (tertiary/aromatic N) is 2. The van der Waals surface area contributed by atoms with E-state index in [-0.39, 0.29) is 18.6 Å². The Bertz CT molecular complexity index is 1060. The van der Waals surface area contributed by atoms with Crippen LogP contribution in [0.15, 0.2) is 54.6 Å². The van der Waals surface area contributed by atoms with Gasteiger partial charge in [0.05, 0.1) is 18.9 Å². The van der Waals surface area contributed by atoms with E-state index in [1.165, 1.54) is 11.9 Å². The van der Waals surface area contributed by atoms with Crippen molar-refractivity contribution in [3.8, 4) is 0 Å². The third kappa shape index (κ3) is 9.60. The highest BCUT2D eigenvalue weighted by atomic mass is 35.5. The van der Waals surface area contributed by atoms with Crippen LogP contribution in [0, 0.1) is 0 Å². The Hall–Kier alpha value is -2.46. The molecule has 2 aromatic carbocycles. The van der Waals surface area contributed by atoms with E-state index in [1.807, 2.05) is 19.9 Å². The molecule has 10 heteroatoms. The number of rotatable bonds is 13. The van der Waals surface area contributed by atoms with E-state index in [4.69, 9.17) is 16.3 Å². The van der Waals surface area contributed by atoms with E-state index in [0.717, 1.165) is 16.1 Å². The summed E-state index contributed by atoms with van der Waals surface area (Å²) in [6.45, 7) is 4.46. The van der Waals surface area contributed by atoms with Crippen LogP contribution in [0.2, 0.25) is 5.02 Å². The second kappa shape index (κ2) is 13.6. The molecule has 0 saturated carbocycles. The van der Waals surface area contributed by atoms with Gasteiger partial charge in [0, 0.05) is 31.8 Å². The predicted molar refractivity (Wildman–Crippen MR) is 137 cm³/mol. The number of carbonyl (C=O) groups is 2. The van der Waals surface area contributed by atoms with Crippen molar-refractivity contribution in [3.05, 3.63) is 70.7 Å². The van der Waals surface area contributed by atoms with Crippen LogP contribution in [0.5, 0.6) is 0 Å². The van der Waals surface area contributed by atoms with Gasteiger partial charge in [-0.15, -0.1) is 0 Å². The Morgan fingerprint density at radius 2 is 1.69 bits per heavy atom. The summed E-state index contributed by atoms with van der Waals surface area (Å²) in [6, 6.07) is 14.9. The standard InChI is InChI=1S/C25H34ClN3O5S/c1-19(2)34-16-8-15-27-25(31)24(21-9-6-5-7-10-21)29(17-20-11-13-22(26)14-12-20)23(30)18-28(3)35(4,32)33/h5-7,9-14,19,24H,8,15-18H2,1-4H3,(H,27,31)/t24-/m1/s1. The summed E-state index contributed by atoms with van der Waals surface area (Å²) in [5, 5.41) is 3.45. The molecule has 1 atom stereocenters. The molecule has 0 aliphatic rings. The first-order valence-corrected chi connectivity index (χ1v) is 13.6. The molecule has 2 amide bonds. The molecule has 0 fully saturated rings. The number of hydrogen-bond acceptors (Lipinski definition) is 5. The number of carbonyl (C=O) groups excluding carboxylic acids is 2. The molecular formula is C25H34ClN3O5S. The van der Waals surface area contributed by atoms with Gasteiger partial charge < -0.3 is 15.0 Å². The quantitative estimate of drug-likeness (QED) is 0.407. The zero-order valence-corrected chi connectivity index (χ0v) is 22.2. The van der Waals surface area contributed by atoms with Gasteiger partial charge >= 0.3 is 0 Å². The van der Waals surface area contributed by atoms with Crippen LogP contribution in [0.1, 0.15) is 37.4 Å². The topological polar surface area (TPSA) is 96.0 Å². The molecule has 2 rings (SSSR count). The molecule has 0 saturated heterocycles. The summed E-state index contributed by atoms with van der Waals surface area (Å²) in [7, 11) is -2.26. The van der Waals surface area contributed by atoms with Crippen molar-refractivity contribution in [2.24, 2.45) is 0 Å². The van der Waals surface area contributed by atoms with Gasteiger partial charge in [-0.05, 0) is 43.5 Å². The number of sulfonamides is 1. The minimum absolute atomic E-state index is 0.0943. The van der Waals surface area contributed by atoms with E-state index in [9.17, 15) is 18.0 Å². The van der Waals surface area contributed by atoms with Crippen molar-refractivity contribution in [1.82, 2.24) is 14.5 Å². The number of amides is 2. The minimum Gasteiger partial charge on any atom is -0.379 e. The van der Waals surface area contributed by atoms with E-state index >= 15 is 0 Å². The first-order valence-electron chi connectivity index (χ1n) is 11.4. The van der Waals surface area contributed by atoms with Gasteiger partial charge in [-0.1, -0.05) is 54.1 Å². The van der Waals surface area contributed by atoms with Crippen LogP contribution < -0.4 is 5.32 Å². The molecule has 1 N–H and O–H groups in total. The number of ether oxygens (including phenoxy) is 1. The Balaban J connectivity index is 2.36. The van der Waals surface area contributed by atoms with Crippen LogP contribution in [0.4, 0.5) is 0 Å². The molecule has 0 bridgehead atoms.